The molecule has 2 unspecified atom stereocenters. The SMILES string of the molecule is CC=O.Cc1c(N2CCC(C(C)([As])NCCC#N)C2)ccc2c(=O)c(C(=O)O)cn(C3CC3)c12. The van der Waals surface area contributed by atoms with Gasteiger partial charge in [-0.2, -0.15) is 0 Å². The number of benzene rings is 1. The average molecular weight is 526 g/mol. The first-order valence-electron chi connectivity index (χ1n) is 11.6. The van der Waals surface area contributed by atoms with Gasteiger partial charge in [0.2, 0.25) is 0 Å². The Hall–Kier alpha value is -2.62. The molecular weight excluding hydrogens is 495 g/mol. The molecule has 1 aliphatic carbocycles. The second kappa shape index (κ2) is 10.8. The molecular formula is C25H31AsN4O4. The van der Waals surface area contributed by atoms with E-state index in [0.717, 1.165) is 55.4 Å². The van der Waals surface area contributed by atoms with Crippen LogP contribution in [0.3, 0.4) is 0 Å². The molecule has 2 N–H and O–H groups in total. The van der Waals surface area contributed by atoms with Crippen LogP contribution in [-0.4, -0.2) is 62.7 Å². The van der Waals surface area contributed by atoms with E-state index in [4.69, 9.17) is 10.1 Å². The second-order valence-corrected chi connectivity index (χ2v) is 11.0. The zero-order valence-corrected chi connectivity index (χ0v) is 21.8. The number of aryl methyl sites for hydroxylation is 1. The number of hydrogen-bond donors (Lipinski definition) is 2. The number of nitriles is 1. The monoisotopic (exact) mass is 526 g/mol. The van der Waals surface area contributed by atoms with Crippen LogP contribution in [0.4, 0.5) is 5.69 Å². The summed E-state index contributed by atoms with van der Waals surface area (Å²) in [5.74, 6) is -0.754. The number of hydrogen-bond acceptors (Lipinski definition) is 6. The third kappa shape index (κ3) is 5.37. The van der Waals surface area contributed by atoms with E-state index in [0.29, 0.717) is 24.3 Å². The van der Waals surface area contributed by atoms with Gasteiger partial charge < -0.3 is 4.79 Å². The second-order valence-electron chi connectivity index (χ2n) is 9.07. The molecule has 2 aliphatic rings. The van der Waals surface area contributed by atoms with E-state index in [-0.39, 0.29) is 15.9 Å². The van der Waals surface area contributed by atoms with Crippen LogP contribution in [0.15, 0.2) is 23.1 Å². The standard InChI is InChI=1S/C23H27AsN4O3.C2H4O/c1-14-19(27-11-8-15(12-27)23(2,24)26-10-3-9-25)7-6-17-20(14)28(16-4-5-16)13-18(21(17)29)22(30)31;1-2-3/h6-7,13,15-16,26H,3-5,8,10-12H2,1-2H3,(H,30,31);2H,1H3. The molecule has 4 rings (SSSR count). The molecule has 180 valence electrons. The molecule has 2 radical (unpaired) electrons. The van der Waals surface area contributed by atoms with Crippen molar-refractivity contribution >= 4 is 45.7 Å². The maximum absolute atomic E-state index is 12.8. The first-order valence-corrected chi connectivity index (χ1v) is 12.5. The van der Waals surface area contributed by atoms with Gasteiger partial charge >= 0.3 is 191 Å². The third-order valence-corrected chi connectivity index (χ3v) is 7.73. The van der Waals surface area contributed by atoms with Crippen molar-refractivity contribution in [3.63, 3.8) is 0 Å². The fraction of sp³-hybridized carbons (Fsp3) is 0.520. The van der Waals surface area contributed by atoms with Crippen LogP contribution in [-0.2, 0) is 4.79 Å². The molecule has 0 bridgehead atoms. The Morgan fingerprint density at radius 3 is 2.65 bits per heavy atom. The topological polar surface area (TPSA) is 115 Å². The van der Waals surface area contributed by atoms with E-state index in [2.05, 4.69) is 40.1 Å². The Labute approximate surface area is 208 Å². The number of aromatic nitrogens is 1. The number of fused-ring (bicyclic) bond motifs is 1. The van der Waals surface area contributed by atoms with Gasteiger partial charge in [-0.05, 0) is 6.92 Å². The van der Waals surface area contributed by atoms with Crippen molar-refractivity contribution in [2.45, 2.75) is 56.8 Å². The summed E-state index contributed by atoms with van der Waals surface area (Å²) in [6.45, 7) is 8.14. The van der Waals surface area contributed by atoms with Crippen LogP contribution in [0.5, 0.6) is 0 Å². The summed E-state index contributed by atoms with van der Waals surface area (Å²) < 4.78 is 1.88. The minimum absolute atomic E-state index is 0.129. The normalized spacial score (nSPS) is 19.1. The van der Waals surface area contributed by atoms with Crippen molar-refractivity contribution in [1.82, 2.24) is 9.88 Å². The summed E-state index contributed by atoms with van der Waals surface area (Å²) in [5.41, 5.74) is 2.43. The third-order valence-electron chi connectivity index (χ3n) is 6.63. The van der Waals surface area contributed by atoms with Crippen molar-refractivity contribution in [2.24, 2.45) is 5.92 Å². The number of carboxylic acid groups (broad SMARTS) is 1. The molecule has 9 heteroatoms. The predicted octanol–water partition coefficient (Wildman–Crippen LogP) is 2.76. The van der Waals surface area contributed by atoms with Crippen LogP contribution in [0, 0.1) is 24.2 Å². The summed E-state index contributed by atoms with van der Waals surface area (Å²) in [5, 5.41) is 22.3. The first kappa shape index (κ1) is 26.0. The number of pyridine rings is 1. The Kier molecular flexibility index (Phi) is 8.22. The van der Waals surface area contributed by atoms with Gasteiger partial charge in [0, 0.05) is 0 Å². The van der Waals surface area contributed by atoms with E-state index in [1.165, 1.54) is 13.1 Å². The zero-order chi connectivity index (χ0) is 25.0. The van der Waals surface area contributed by atoms with Crippen molar-refractivity contribution in [2.75, 3.05) is 24.5 Å². The number of carboxylic acids is 1. The molecule has 8 nitrogen and oxygen atoms in total. The summed E-state index contributed by atoms with van der Waals surface area (Å²) in [7, 11) is 0. The number of aldehydes is 1. The van der Waals surface area contributed by atoms with Crippen molar-refractivity contribution in [1.29, 1.82) is 5.26 Å². The van der Waals surface area contributed by atoms with Gasteiger partial charge in [0.15, 0.2) is 0 Å². The molecule has 1 aromatic carbocycles. The summed E-state index contributed by atoms with van der Waals surface area (Å²) in [6.07, 6.45) is 5.83. The Balaban J connectivity index is 0.00000103. The fourth-order valence-electron chi connectivity index (χ4n) is 4.70. The Morgan fingerprint density at radius 2 is 2.06 bits per heavy atom. The van der Waals surface area contributed by atoms with Crippen LogP contribution < -0.4 is 15.6 Å². The number of rotatable bonds is 7. The quantitative estimate of drug-likeness (QED) is 0.324. The molecule has 0 spiro atoms. The number of anilines is 1. The van der Waals surface area contributed by atoms with Crippen LogP contribution in [0.2, 0.25) is 0 Å². The van der Waals surface area contributed by atoms with Gasteiger partial charge in [-0.25, -0.2) is 0 Å². The van der Waals surface area contributed by atoms with Gasteiger partial charge in [-0.15, -0.1) is 0 Å². The van der Waals surface area contributed by atoms with E-state index >= 15 is 0 Å². The summed E-state index contributed by atoms with van der Waals surface area (Å²) in [4.78, 5) is 35.6. The first-order chi connectivity index (χ1) is 16.2. The number of aromatic carboxylic acids is 1. The van der Waals surface area contributed by atoms with Crippen LogP contribution in [0.25, 0.3) is 10.9 Å². The molecule has 0 amide bonds. The Morgan fingerprint density at radius 1 is 1.38 bits per heavy atom. The number of nitrogens with one attached hydrogen (secondary N) is 1. The van der Waals surface area contributed by atoms with E-state index in [1.807, 2.05) is 17.6 Å². The molecule has 1 aliphatic heterocycles. The summed E-state index contributed by atoms with van der Waals surface area (Å²) >= 11 is 2.74. The van der Waals surface area contributed by atoms with Gasteiger partial charge in [-0.3, -0.25) is 0 Å². The molecule has 1 aromatic heterocycles. The molecule has 2 heterocycles. The molecule has 2 atom stereocenters. The van der Waals surface area contributed by atoms with Crippen molar-refractivity contribution in [3.05, 3.63) is 39.7 Å². The van der Waals surface area contributed by atoms with Gasteiger partial charge in [0.05, 0.1) is 0 Å². The van der Waals surface area contributed by atoms with Gasteiger partial charge in [0.1, 0.15) is 6.29 Å². The van der Waals surface area contributed by atoms with E-state index < -0.39 is 11.4 Å². The molecule has 2 fully saturated rings. The average Bonchev–Trinajstić information content (AvgIpc) is 3.50. The zero-order valence-electron chi connectivity index (χ0n) is 19.9. The molecule has 34 heavy (non-hydrogen) atoms. The number of nitrogens with zero attached hydrogens (tertiary/aromatic N) is 3. The number of carbonyl (C=O) groups excluding carboxylic acids is 1. The molecule has 1 saturated carbocycles. The molecule has 2 aromatic rings. The summed E-state index contributed by atoms with van der Waals surface area (Å²) in [6, 6.07) is 6.21. The maximum atomic E-state index is 12.8. The van der Waals surface area contributed by atoms with Crippen molar-refractivity contribution < 1.29 is 14.7 Å². The predicted molar refractivity (Wildman–Crippen MR) is 133 cm³/mol. The minimum atomic E-state index is -1.17. The number of carbonyl (C=O) groups is 2. The van der Waals surface area contributed by atoms with E-state index in [1.54, 1.807) is 6.07 Å². The van der Waals surface area contributed by atoms with Crippen molar-refractivity contribution in [3.8, 4) is 6.07 Å². The van der Waals surface area contributed by atoms with Gasteiger partial charge in [-0.1, -0.05) is 0 Å². The Bertz CT molecular complexity index is 1180. The van der Waals surface area contributed by atoms with E-state index in [9.17, 15) is 14.7 Å². The van der Waals surface area contributed by atoms with Gasteiger partial charge in [0.25, 0.3) is 0 Å². The van der Waals surface area contributed by atoms with Crippen LogP contribution in [0.1, 0.15) is 61.5 Å². The fourth-order valence-corrected chi connectivity index (χ4v) is 5.38. The molecule has 1 saturated heterocycles. The van der Waals surface area contributed by atoms with Crippen LogP contribution >= 0.6 is 0 Å².